The second-order valence-electron chi connectivity index (χ2n) is 5.62. The van der Waals surface area contributed by atoms with Gasteiger partial charge in [-0.25, -0.2) is 4.98 Å². The van der Waals surface area contributed by atoms with Gasteiger partial charge in [-0.15, -0.1) is 11.3 Å². The van der Waals surface area contributed by atoms with Crippen molar-refractivity contribution in [3.63, 3.8) is 0 Å². The molecule has 0 aromatic carbocycles. The maximum absolute atomic E-state index is 6.22. The highest BCUT2D eigenvalue weighted by Crippen LogP contribution is 2.26. The number of halogens is 1. The molecule has 5 heteroatoms. The molecule has 1 unspecified atom stereocenters. The summed E-state index contributed by atoms with van der Waals surface area (Å²) < 4.78 is 0.954. The minimum Gasteiger partial charge on any atom is -0.324 e. The van der Waals surface area contributed by atoms with Crippen LogP contribution in [0.4, 0.5) is 0 Å². The van der Waals surface area contributed by atoms with Crippen molar-refractivity contribution in [3.8, 4) is 0 Å². The van der Waals surface area contributed by atoms with E-state index in [0.717, 1.165) is 27.2 Å². The molecular weight excluding hydrogens is 322 g/mol. The van der Waals surface area contributed by atoms with Gasteiger partial charge in [-0.05, 0) is 27.6 Å². The number of nitrogens with zero attached hydrogens (tertiary/aromatic N) is 2. The first-order valence-electron chi connectivity index (χ1n) is 6.17. The maximum atomic E-state index is 6.22. The van der Waals surface area contributed by atoms with Crippen LogP contribution in [0, 0.1) is 0 Å². The van der Waals surface area contributed by atoms with Crippen molar-refractivity contribution in [2.45, 2.75) is 38.6 Å². The average molecular weight is 340 g/mol. The Labute approximate surface area is 126 Å². The Morgan fingerprint density at radius 3 is 2.68 bits per heavy atom. The second-order valence-corrected chi connectivity index (χ2v) is 7.48. The van der Waals surface area contributed by atoms with E-state index in [1.54, 1.807) is 17.5 Å². The summed E-state index contributed by atoms with van der Waals surface area (Å²) >= 11 is 5.10. The molecule has 3 nitrogen and oxygen atoms in total. The summed E-state index contributed by atoms with van der Waals surface area (Å²) in [6.45, 7) is 6.51. The molecule has 0 radical (unpaired) electrons. The molecule has 0 fully saturated rings. The lowest BCUT2D eigenvalue weighted by atomic mass is 9.93. The Hall–Kier alpha value is -0.780. The summed E-state index contributed by atoms with van der Waals surface area (Å²) in [7, 11) is 0. The molecule has 0 saturated heterocycles. The first kappa shape index (κ1) is 14.6. The highest BCUT2D eigenvalue weighted by atomic mass is 79.9. The zero-order valence-electron chi connectivity index (χ0n) is 11.4. The van der Waals surface area contributed by atoms with Gasteiger partial charge in [-0.3, -0.25) is 4.98 Å². The Bertz CT molecular complexity index is 560. The second kappa shape index (κ2) is 5.69. The molecule has 0 aliphatic heterocycles. The molecule has 0 aliphatic carbocycles. The van der Waals surface area contributed by atoms with E-state index in [9.17, 15) is 0 Å². The van der Waals surface area contributed by atoms with Gasteiger partial charge in [0, 0.05) is 40.1 Å². The van der Waals surface area contributed by atoms with E-state index >= 15 is 0 Å². The number of hydrogen-bond donors (Lipinski definition) is 1. The van der Waals surface area contributed by atoms with Gasteiger partial charge in [0.25, 0.3) is 0 Å². The molecule has 19 heavy (non-hydrogen) atoms. The Morgan fingerprint density at radius 2 is 2.11 bits per heavy atom. The lowest BCUT2D eigenvalue weighted by molar-refractivity contribution is 0.569. The lowest BCUT2D eigenvalue weighted by Crippen LogP contribution is -2.15. The quantitative estimate of drug-likeness (QED) is 0.924. The van der Waals surface area contributed by atoms with Crippen molar-refractivity contribution in [1.82, 2.24) is 9.97 Å². The van der Waals surface area contributed by atoms with Gasteiger partial charge in [0.1, 0.15) is 0 Å². The van der Waals surface area contributed by atoms with Crippen molar-refractivity contribution in [3.05, 3.63) is 44.6 Å². The maximum Gasteiger partial charge on any atom is 0.0947 e. The number of rotatable bonds is 3. The number of thiazole rings is 1. The fraction of sp³-hybridized carbons (Fsp3) is 0.429. The third-order valence-corrected chi connectivity index (χ3v) is 4.17. The predicted octanol–water partition coefficient (Wildman–Crippen LogP) is 3.84. The molecule has 0 amide bonds. The minimum absolute atomic E-state index is 0.0658. The molecule has 0 aliphatic rings. The van der Waals surface area contributed by atoms with Crippen LogP contribution in [0.3, 0.4) is 0 Å². The van der Waals surface area contributed by atoms with E-state index < -0.39 is 0 Å². The summed E-state index contributed by atoms with van der Waals surface area (Å²) in [4.78, 5) is 8.82. The fourth-order valence-electron chi connectivity index (χ4n) is 1.69. The summed E-state index contributed by atoms with van der Waals surface area (Å²) in [5, 5.41) is 3.21. The minimum atomic E-state index is -0.0658. The van der Waals surface area contributed by atoms with Crippen LogP contribution in [-0.4, -0.2) is 9.97 Å². The standard InChI is InChI=1S/C14H18BrN3S/c1-14(2,3)12-8-19-13(18-12)5-11(16)9-4-10(15)7-17-6-9/h4,6-8,11H,5,16H2,1-3H3. The Morgan fingerprint density at radius 1 is 1.37 bits per heavy atom. The third kappa shape index (κ3) is 3.84. The summed E-state index contributed by atoms with van der Waals surface area (Å²) in [5.74, 6) is 0. The fourth-order valence-corrected chi connectivity index (χ4v) is 3.15. The highest BCUT2D eigenvalue weighted by molar-refractivity contribution is 9.10. The van der Waals surface area contributed by atoms with Crippen LogP contribution in [0.25, 0.3) is 0 Å². The van der Waals surface area contributed by atoms with Crippen LogP contribution >= 0.6 is 27.3 Å². The van der Waals surface area contributed by atoms with Gasteiger partial charge in [0.2, 0.25) is 0 Å². The average Bonchev–Trinajstić information content (AvgIpc) is 2.77. The van der Waals surface area contributed by atoms with Crippen LogP contribution in [0.1, 0.15) is 43.1 Å². The van der Waals surface area contributed by atoms with Gasteiger partial charge in [-0.1, -0.05) is 20.8 Å². The van der Waals surface area contributed by atoms with Crippen molar-refractivity contribution in [2.24, 2.45) is 5.73 Å². The third-order valence-electron chi connectivity index (χ3n) is 2.87. The van der Waals surface area contributed by atoms with Gasteiger partial charge in [-0.2, -0.15) is 0 Å². The molecule has 2 aromatic rings. The van der Waals surface area contributed by atoms with Crippen molar-refractivity contribution < 1.29 is 0 Å². The van der Waals surface area contributed by atoms with Crippen LogP contribution < -0.4 is 5.73 Å². The smallest absolute Gasteiger partial charge is 0.0947 e. The van der Waals surface area contributed by atoms with Gasteiger partial charge >= 0.3 is 0 Å². The van der Waals surface area contributed by atoms with E-state index in [2.05, 4.69) is 52.0 Å². The van der Waals surface area contributed by atoms with E-state index in [4.69, 9.17) is 5.73 Å². The Balaban J connectivity index is 2.11. The predicted molar refractivity (Wildman–Crippen MR) is 83.4 cm³/mol. The van der Waals surface area contributed by atoms with E-state index in [-0.39, 0.29) is 11.5 Å². The van der Waals surface area contributed by atoms with Crippen molar-refractivity contribution >= 4 is 27.3 Å². The van der Waals surface area contributed by atoms with Gasteiger partial charge in [0.15, 0.2) is 0 Å². The van der Waals surface area contributed by atoms with E-state index in [1.807, 2.05) is 12.3 Å². The highest BCUT2D eigenvalue weighted by Gasteiger charge is 2.18. The molecule has 2 aromatic heterocycles. The van der Waals surface area contributed by atoms with E-state index in [0.29, 0.717) is 0 Å². The molecule has 2 N–H and O–H groups in total. The summed E-state index contributed by atoms with van der Waals surface area (Å²) in [6.07, 6.45) is 4.32. The largest absolute Gasteiger partial charge is 0.324 e. The van der Waals surface area contributed by atoms with Crippen LogP contribution in [0.5, 0.6) is 0 Å². The first-order chi connectivity index (χ1) is 8.86. The molecule has 2 rings (SSSR count). The monoisotopic (exact) mass is 339 g/mol. The lowest BCUT2D eigenvalue weighted by Gasteiger charge is -2.14. The number of nitrogens with two attached hydrogens (primary N) is 1. The summed E-state index contributed by atoms with van der Waals surface area (Å²) in [6, 6.07) is 1.94. The van der Waals surface area contributed by atoms with Crippen LogP contribution in [0.2, 0.25) is 0 Å². The SMILES string of the molecule is CC(C)(C)c1csc(CC(N)c2cncc(Br)c2)n1. The molecular formula is C14H18BrN3S. The van der Waals surface area contributed by atoms with E-state index in [1.165, 1.54) is 0 Å². The molecule has 0 saturated carbocycles. The molecule has 2 heterocycles. The molecule has 1 atom stereocenters. The molecule has 102 valence electrons. The topological polar surface area (TPSA) is 51.8 Å². The molecule has 0 bridgehead atoms. The first-order valence-corrected chi connectivity index (χ1v) is 7.84. The van der Waals surface area contributed by atoms with Gasteiger partial charge < -0.3 is 5.73 Å². The molecule has 0 spiro atoms. The summed E-state index contributed by atoms with van der Waals surface area (Å²) in [5.41, 5.74) is 8.47. The van der Waals surface area contributed by atoms with Crippen LogP contribution in [0.15, 0.2) is 28.3 Å². The zero-order chi connectivity index (χ0) is 14.0. The normalized spacial score (nSPS) is 13.5. The number of pyridine rings is 1. The number of aromatic nitrogens is 2. The van der Waals surface area contributed by atoms with Crippen molar-refractivity contribution in [1.29, 1.82) is 0 Å². The number of hydrogen-bond acceptors (Lipinski definition) is 4. The van der Waals surface area contributed by atoms with Crippen LogP contribution in [-0.2, 0) is 11.8 Å². The van der Waals surface area contributed by atoms with Gasteiger partial charge in [0.05, 0.1) is 10.7 Å². The zero-order valence-corrected chi connectivity index (χ0v) is 13.8. The van der Waals surface area contributed by atoms with Crippen molar-refractivity contribution in [2.75, 3.05) is 0 Å². The Kier molecular flexibility index (Phi) is 4.38.